The summed E-state index contributed by atoms with van der Waals surface area (Å²) >= 11 is 0. The van der Waals surface area contributed by atoms with E-state index in [1.54, 1.807) is 4.90 Å². The van der Waals surface area contributed by atoms with Crippen LogP contribution < -0.4 is 5.32 Å². The van der Waals surface area contributed by atoms with E-state index in [1.807, 2.05) is 20.8 Å². The maximum Gasteiger partial charge on any atom is 0.318 e. The molecule has 0 spiro atoms. The summed E-state index contributed by atoms with van der Waals surface area (Å²) in [5.41, 5.74) is -0.504. The molecule has 120 valence electrons. The molecular formula is C14H25N3O4. The maximum atomic E-state index is 12.2. The first-order valence-electron chi connectivity index (χ1n) is 7.27. The Morgan fingerprint density at radius 2 is 1.76 bits per heavy atom. The molecule has 0 radical (unpaired) electrons. The largest absolute Gasteiger partial charge is 0.481 e. The van der Waals surface area contributed by atoms with Gasteiger partial charge in [0.25, 0.3) is 0 Å². The van der Waals surface area contributed by atoms with Crippen LogP contribution in [0, 0.1) is 0 Å². The van der Waals surface area contributed by atoms with Crippen molar-refractivity contribution in [2.45, 2.75) is 45.6 Å². The van der Waals surface area contributed by atoms with Crippen LogP contribution in [0.2, 0.25) is 0 Å². The fourth-order valence-corrected chi connectivity index (χ4v) is 2.27. The van der Waals surface area contributed by atoms with Crippen molar-refractivity contribution in [1.82, 2.24) is 15.1 Å². The van der Waals surface area contributed by atoms with E-state index in [1.165, 1.54) is 4.90 Å². The number of rotatable bonds is 5. The molecule has 1 saturated heterocycles. The number of amides is 3. The Kier molecular flexibility index (Phi) is 5.99. The molecule has 2 N–H and O–H groups in total. The van der Waals surface area contributed by atoms with Crippen LogP contribution in [0.4, 0.5) is 4.79 Å². The third-order valence-corrected chi connectivity index (χ3v) is 3.45. The number of aliphatic carboxylic acids is 1. The third kappa shape index (κ3) is 5.61. The van der Waals surface area contributed by atoms with Crippen molar-refractivity contribution in [3.8, 4) is 0 Å². The van der Waals surface area contributed by atoms with E-state index in [-0.39, 0.29) is 25.4 Å². The minimum atomic E-state index is -0.954. The van der Waals surface area contributed by atoms with Crippen LogP contribution in [0.1, 0.15) is 40.0 Å². The predicted octanol–water partition coefficient (Wildman–Crippen LogP) is 0.894. The summed E-state index contributed by atoms with van der Waals surface area (Å²) in [5, 5.41) is 11.3. The minimum Gasteiger partial charge on any atom is -0.481 e. The number of carboxylic acid groups (broad SMARTS) is 1. The molecule has 0 atom stereocenters. The highest BCUT2D eigenvalue weighted by molar-refractivity contribution is 5.84. The van der Waals surface area contributed by atoms with E-state index in [0.29, 0.717) is 0 Å². The van der Waals surface area contributed by atoms with Gasteiger partial charge in [0.1, 0.15) is 0 Å². The van der Waals surface area contributed by atoms with Gasteiger partial charge in [-0.2, -0.15) is 0 Å². The van der Waals surface area contributed by atoms with Crippen LogP contribution in [-0.4, -0.2) is 64.5 Å². The average Bonchev–Trinajstić information content (AvgIpc) is 2.87. The highest BCUT2D eigenvalue weighted by Crippen LogP contribution is 2.14. The Bertz CT molecular complexity index is 398. The lowest BCUT2D eigenvalue weighted by atomic mass is 10.1. The molecule has 3 amide bonds. The van der Waals surface area contributed by atoms with Crippen molar-refractivity contribution < 1.29 is 19.5 Å². The Morgan fingerprint density at radius 1 is 1.19 bits per heavy atom. The summed E-state index contributed by atoms with van der Waals surface area (Å²) in [4.78, 5) is 37.9. The smallest absolute Gasteiger partial charge is 0.318 e. The van der Waals surface area contributed by atoms with Gasteiger partial charge in [0.15, 0.2) is 0 Å². The Morgan fingerprint density at radius 3 is 2.24 bits per heavy atom. The van der Waals surface area contributed by atoms with Crippen molar-refractivity contribution in [3.63, 3.8) is 0 Å². The molecule has 1 aliphatic heterocycles. The molecule has 0 aliphatic carbocycles. The summed E-state index contributed by atoms with van der Waals surface area (Å²) in [6.45, 7) is 7.05. The Labute approximate surface area is 125 Å². The van der Waals surface area contributed by atoms with Crippen LogP contribution in [0.3, 0.4) is 0 Å². The Balaban J connectivity index is 2.51. The predicted molar refractivity (Wildman–Crippen MR) is 77.9 cm³/mol. The van der Waals surface area contributed by atoms with E-state index < -0.39 is 17.5 Å². The summed E-state index contributed by atoms with van der Waals surface area (Å²) in [6, 6.07) is -0.406. The quantitative estimate of drug-likeness (QED) is 0.789. The van der Waals surface area contributed by atoms with Gasteiger partial charge < -0.3 is 20.2 Å². The molecule has 1 fully saturated rings. The zero-order chi connectivity index (χ0) is 16.0. The fraction of sp³-hybridized carbons (Fsp3) is 0.786. The van der Waals surface area contributed by atoms with Crippen molar-refractivity contribution in [1.29, 1.82) is 0 Å². The number of hydrogen-bond donors (Lipinski definition) is 2. The fourth-order valence-electron chi connectivity index (χ4n) is 2.27. The van der Waals surface area contributed by atoms with Gasteiger partial charge in [0.2, 0.25) is 5.91 Å². The van der Waals surface area contributed by atoms with Gasteiger partial charge in [0.05, 0.1) is 13.0 Å². The zero-order valence-electron chi connectivity index (χ0n) is 13.0. The summed E-state index contributed by atoms with van der Waals surface area (Å²) in [7, 11) is 0. The monoisotopic (exact) mass is 299 g/mol. The van der Waals surface area contributed by atoms with E-state index >= 15 is 0 Å². The molecule has 1 heterocycles. The molecule has 7 nitrogen and oxygen atoms in total. The number of likely N-dealkylation sites (tertiary alicyclic amines) is 1. The van der Waals surface area contributed by atoms with Crippen LogP contribution in [-0.2, 0) is 9.59 Å². The third-order valence-electron chi connectivity index (χ3n) is 3.45. The van der Waals surface area contributed by atoms with Crippen LogP contribution in [0.15, 0.2) is 0 Å². The molecule has 21 heavy (non-hydrogen) atoms. The van der Waals surface area contributed by atoms with Crippen molar-refractivity contribution in [2.75, 3.05) is 26.2 Å². The van der Waals surface area contributed by atoms with Crippen LogP contribution >= 0.6 is 0 Å². The molecule has 1 rings (SSSR count). The van der Waals surface area contributed by atoms with E-state index in [2.05, 4.69) is 5.32 Å². The number of nitrogens with one attached hydrogen (secondary N) is 1. The second-order valence-corrected chi connectivity index (χ2v) is 6.21. The molecule has 0 saturated carbocycles. The zero-order valence-corrected chi connectivity index (χ0v) is 13.0. The van der Waals surface area contributed by atoms with Gasteiger partial charge in [-0.05, 0) is 33.6 Å². The summed E-state index contributed by atoms with van der Waals surface area (Å²) in [5.74, 6) is -1.04. The number of urea groups is 1. The van der Waals surface area contributed by atoms with Crippen molar-refractivity contribution >= 4 is 17.9 Å². The number of carboxylic acids is 1. The second-order valence-electron chi connectivity index (χ2n) is 6.21. The van der Waals surface area contributed by atoms with Gasteiger partial charge in [0, 0.05) is 25.2 Å². The normalized spacial score (nSPS) is 14.9. The van der Waals surface area contributed by atoms with Crippen LogP contribution in [0.25, 0.3) is 0 Å². The van der Waals surface area contributed by atoms with Gasteiger partial charge in [-0.1, -0.05) is 0 Å². The molecule has 0 aromatic carbocycles. The van der Waals surface area contributed by atoms with Crippen LogP contribution in [0.5, 0.6) is 0 Å². The molecule has 0 unspecified atom stereocenters. The first-order chi connectivity index (χ1) is 9.71. The maximum absolute atomic E-state index is 12.2. The van der Waals surface area contributed by atoms with E-state index in [4.69, 9.17) is 5.11 Å². The molecule has 1 aliphatic rings. The lowest BCUT2D eigenvalue weighted by Crippen LogP contribution is -2.52. The molecule has 0 aromatic heterocycles. The van der Waals surface area contributed by atoms with Gasteiger partial charge in [-0.3, -0.25) is 9.59 Å². The highest BCUT2D eigenvalue weighted by atomic mass is 16.4. The van der Waals surface area contributed by atoms with Gasteiger partial charge >= 0.3 is 12.0 Å². The number of carbonyl (C=O) groups excluding carboxylic acids is 2. The summed E-state index contributed by atoms with van der Waals surface area (Å²) in [6.07, 6.45) is 1.89. The van der Waals surface area contributed by atoms with Gasteiger partial charge in [-0.15, -0.1) is 0 Å². The SMILES string of the molecule is CC(C)(C)N(CCC(=O)O)C(=O)NCC(=O)N1CCCC1. The molecule has 0 bridgehead atoms. The average molecular weight is 299 g/mol. The Hall–Kier alpha value is -1.79. The van der Waals surface area contributed by atoms with E-state index in [0.717, 1.165) is 25.9 Å². The minimum absolute atomic E-state index is 0.0432. The van der Waals surface area contributed by atoms with E-state index in [9.17, 15) is 14.4 Å². The number of hydrogen-bond acceptors (Lipinski definition) is 3. The standard InChI is InChI=1S/C14H25N3O4/c1-14(2,3)17(9-6-12(19)20)13(21)15-10-11(18)16-7-4-5-8-16/h4-10H2,1-3H3,(H,15,21)(H,19,20). The molecule has 7 heteroatoms. The first kappa shape index (κ1) is 17.3. The van der Waals surface area contributed by atoms with Gasteiger partial charge in [-0.25, -0.2) is 4.79 Å². The van der Waals surface area contributed by atoms with Crippen molar-refractivity contribution in [3.05, 3.63) is 0 Å². The topological polar surface area (TPSA) is 90.0 Å². The number of carbonyl (C=O) groups is 3. The summed E-state index contributed by atoms with van der Waals surface area (Å²) < 4.78 is 0. The lowest BCUT2D eigenvalue weighted by molar-refractivity contribution is -0.137. The second kappa shape index (κ2) is 7.28. The number of nitrogens with zero attached hydrogens (tertiary/aromatic N) is 2. The highest BCUT2D eigenvalue weighted by Gasteiger charge is 2.27. The van der Waals surface area contributed by atoms with Crippen molar-refractivity contribution in [2.24, 2.45) is 0 Å². The molecule has 0 aromatic rings. The first-order valence-corrected chi connectivity index (χ1v) is 7.27. The lowest BCUT2D eigenvalue weighted by Gasteiger charge is -2.35. The molecular weight excluding hydrogens is 274 g/mol.